The zero-order valence-electron chi connectivity index (χ0n) is 11.9. The molecule has 0 radical (unpaired) electrons. The maximum Gasteiger partial charge on any atom is 0.323 e. The average molecular weight is 286 g/mol. The second kappa shape index (κ2) is 7.12. The molecule has 0 aliphatic heterocycles. The molecule has 0 aromatic rings. The van der Waals surface area contributed by atoms with E-state index in [0.29, 0.717) is 5.92 Å². The fourth-order valence-corrected chi connectivity index (χ4v) is 2.65. The van der Waals surface area contributed by atoms with Gasteiger partial charge in [-0.2, -0.15) is 0 Å². The Kier molecular flexibility index (Phi) is 5.79. The lowest BCUT2D eigenvalue weighted by atomic mass is 9.86. The SMILES string of the molecule is CC1CCCC(N(C)C(=O)N(CC(=O)O)CC(=O)O)C1. The summed E-state index contributed by atoms with van der Waals surface area (Å²) in [5, 5.41) is 17.5. The molecule has 0 spiro atoms. The van der Waals surface area contributed by atoms with Crippen molar-refractivity contribution in [1.82, 2.24) is 9.80 Å². The lowest BCUT2D eigenvalue weighted by Gasteiger charge is -2.36. The van der Waals surface area contributed by atoms with Crippen molar-refractivity contribution in [3.8, 4) is 0 Å². The van der Waals surface area contributed by atoms with Gasteiger partial charge in [-0.15, -0.1) is 0 Å². The molecule has 0 aromatic heterocycles. The Morgan fingerprint density at radius 1 is 1.10 bits per heavy atom. The number of carboxylic acids is 2. The highest BCUT2D eigenvalue weighted by Crippen LogP contribution is 2.27. The van der Waals surface area contributed by atoms with Crippen LogP contribution in [0.5, 0.6) is 0 Å². The van der Waals surface area contributed by atoms with Crippen LogP contribution in [0.15, 0.2) is 0 Å². The highest BCUT2D eigenvalue weighted by Gasteiger charge is 2.29. The predicted octanol–water partition coefficient (Wildman–Crippen LogP) is 1.09. The first-order valence-corrected chi connectivity index (χ1v) is 6.76. The minimum absolute atomic E-state index is 0.0522. The van der Waals surface area contributed by atoms with Gasteiger partial charge in [-0.3, -0.25) is 9.59 Å². The Bertz CT molecular complexity index is 369. The van der Waals surface area contributed by atoms with Gasteiger partial charge >= 0.3 is 18.0 Å². The quantitative estimate of drug-likeness (QED) is 0.788. The molecule has 1 rings (SSSR count). The molecule has 1 aliphatic carbocycles. The number of urea groups is 1. The van der Waals surface area contributed by atoms with E-state index in [1.54, 1.807) is 7.05 Å². The van der Waals surface area contributed by atoms with E-state index in [4.69, 9.17) is 10.2 Å². The standard InChI is InChI=1S/C13H22N2O5/c1-9-4-3-5-10(6-9)14(2)13(20)15(7-11(16)17)8-12(18)19/h9-10H,3-8H2,1-2H3,(H,16,17)(H,18,19). The van der Waals surface area contributed by atoms with Crippen LogP contribution >= 0.6 is 0 Å². The van der Waals surface area contributed by atoms with Gasteiger partial charge in [-0.1, -0.05) is 19.8 Å². The van der Waals surface area contributed by atoms with Gasteiger partial charge in [0.15, 0.2) is 0 Å². The number of carbonyl (C=O) groups is 3. The summed E-state index contributed by atoms with van der Waals surface area (Å²) in [6.07, 6.45) is 3.91. The zero-order chi connectivity index (χ0) is 15.3. The summed E-state index contributed by atoms with van der Waals surface area (Å²) in [4.78, 5) is 36.1. The average Bonchev–Trinajstić information content (AvgIpc) is 2.35. The highest BCUT2D eigenvalue weighted by molar-refractivity contribution is 5.84. The van der Waals surface area contributed by atoms with E-state index in [0.717, 1.165) is 30.6 Å². The van der Waals surface area contributed by atoms with Crippen molar-refractivity contribution in [2.45, 2.75) is 38.6 Å². The van der Waals surface area contributed by atoms with Gasteiger partial charge in [0.05, 0.1) is 0 Å². The maximum absolute atomic E-state index is 12.2. The minimum atomic E-state index is -1.22. The van der Waals surface area contributed by atoms with Crippen molar-refractivity contribution in [1.29, 1.82) is 0 Å². The van der Waals surface area contributed by atoms with Crippen molar-refractivity contribution >= 4 is 18.0 Å². The van der Waals surface area contributed by atoms with Gasteiger partial charge in [0.2, 0.25) is 0 Å². The first kappa shape index (κ1) is 16.3. The normalized spacial score (nSPS) is 22.1. The third kappa shape index (κ3) is 4.71. The molecule has 0 saturated heterocycles. The number of hydrogen-bond donors (Lipinski definition) is 2. The second-order valence-corrected chi connectivity index (χ2v) is 5.46. The molecule has 114 valence electrons. The molecule has 1 saturated carbocycles. The van der Waals surface area contributed by atoms with Crippen molar-refractivity contribution in [3.63, 3.8) is 0 Å². The fourth-order valence-electron chi connectivity index (χ4n) is 2.65. The number of rotatable bonds is 5. The van der Waals surface area contributed by atoms with Crippen molar-refractivity contribution in [2.24, 2.45) is 5.92 Å². The second-order valence-electron chi connectivity index (χ2n) is 5.46. The van der Waals surface area contributed by atoms with E-state index in [1.807, 2.05) is 0 Å². The minimum Gasteiger partial charge on any atom is -0.480 e. The number of hydrogen-bond acceptors (Lipinski definition) is 3. The lowest BCUT2D eigenvalue weighted by Crippen LogP contribution is -2.50. The van der Waals surface area contributed by atoms with Gasteiger partial charge in [0.1, 0.15) is 13.1 Å². The zero-order valence-corrected chi connectivity index (χ0v) is 11.9. The third-order valence-electron chi connectivity index (χ3n) is 3.68. The first-order valence-electron chi connectivity index (χ1n) is 6.76. The Labute approximate surface area is 118 Å². The van der Waals surface area contributed by atoms with E-state index in [-0.39, 0.29) is 6.04 Å². The summed E-state index contributed by atoms with van der Waals surface area (Å²) in [6, 6.07) is -0.481. The number of amides is 2. The molecule has 7 heteroatoms. The van der Waals surface area contributed by atoms with Gasteiger partial charge in [0.25, 0.3) is 0 Å². The summed E-state index contributed by atoms with van der Waals surface area (Å²) in [7, 11) is 1.61. The van der Waals surface area contributed by atoms with Crippen LogP contribution in [-0.4, -0.2) is 64.2 Å². The smallest absolute Gasteiger partial charge is 0.323 e. The molecule has 0 bridgehead atoms. The van der Waals surface area contributed by atoms with Gasteiger partial charge < -0.3 is 20.0 Å². The molecule has 1 fully saturated rings. The summed E-state index contributed by atoms with van der Waals surface area (Å²) in [5.74, 6) is -1.91. The molecule has 2 amide bonds. The number of nitrogens with zero attached hydrogens (tertiary/aromatic N) is 2. The molecule has 2 unspecified atom stereocenters. The van der Waals surface area contributed by atoms with E-state index < -0.39 is 31.1 Å². The van der Waals surface area contributed by atoms with Crippen molar-refractivity contribution in [3.05, 3.63) is 0 Å². The molecule has 2 N–H and O–H groups in total. The third-order valence-corrected chi connectivity index (χ3v) is 3.68. The van der Waals surface area contributed by atoms with Crippen LogP contribution in [0.4, 0.5) is 4.79 Å². The van der Waals surface area contributed by atoms with Crippen LogP contribution in [0.2, 0.25) is 0 Å². The van der Waals surface area contributed by atoms with Crippen LogP contribution in [0.25, 0.3) is 0 Å². The van der Waals surface area contributed by atoms with Gasteiger partial charge in [0, 0.05) is 13.1 Å². The molecule has 0 aromatic carbocycles. The molecule has 1 aliphatic rings. The van der Waals surface area contributed by atoms with Crippen LogP contribution < -0.4 is 0 Å². The first-order chi connectivity index (χ1) is 9.31. The number of aliphatic carboxylic acids is 2. The maximum atomic E-state index is 12.2. The summed E-state index contributed by atoms with van der Waals surface area (Å²) in [6.45, 7) is 0.923. The summed E-state index contributed by atoms with van der Waals surface area (Å²) >= 11 is 0. The lowest BCUT2D eigenvalue weighted by molar-refractivity contribution is -0.140. The van der Waals surface area contributed by atoms with Crippen molar-refractivity contribution < 1.29 is 24.6 Å². The molecule has 0 heterocycles. The number of carbonyl (C=O) groups excluding carboxylic acids is 1. The van der Waals surface area contributed by atoms with E-state index in [9.17, 15) is 14.4 Å². The Morgan fingerprint density at radius 2 is 1.65 bits per heavy atom. The summed E-state index contributed by atoms with van der Waals surface area (Å²) < 4.78 is 0. The predicted molar refractivity (Wildman–Crippen MR) is 71.4 cm³/mol. The molecule has 20 heavy (non-hydrogen) atoms. The fraction of sp³-hybridized carbons (Fsp3) is 0.769. The summed E-state index contributed by atoms with van der Waals surface area (Å²) in [5.41, 5.74) is 0. The monoisotopic (exact) mass is 286 g/mol. The van der Waals surface area contributed by atoms with E-state index in [1.165, 1.54) is 4.90 Å². The van der Waals surface area contributed by atoms with Crippen LogP contribution in [0.3, 0.4) is 0 Å². The van der Waals surface area contributed by atoms with Crippen molar-refractivity contribution in [2.75, 3.05) is 20.1 Å². The van der Waals surface area contributed by atoms with Crippen LogP contribution in [0, 0.1) is 5.92 Å². The van der Waals surface area contributed by atoms with E-state index in [2.05, 4.69) is 6.92 Å². The molecule has 2 atom stereocenters. The van der Waals surface area contributed by atoms with Crippen LogP contribution in [0.1, 0.15) is 32.6 Å². The molecular weight excluding hydrogens is 264 g/mol. The Balaban J connectivity index is 2.71. The topological polar surface area (TPSA) is 98.2 Å². The Hall–Kier alpha value is -1.79. The largest absolute Gasteiger partial charge is 0.480 e. The highest BCUT2D eigenvalue weighted by atomic mass is 16.4. The van der Waals surface area contributed by atoms with Gasteiger partial charge in [-0.25, -0.2) is 4.79 Å². The Morgan fingerprint density at radius 3 is 2.10 bits per heavy atom. The number of carboxylic acid groups (broad SMARTS) is 2. The van der Waals surface area contributed by atoms with E-state index >= 15 is 0 Å². The van der Waals surface area contributed by atoms with Gasteiger partial charge in [-0.05, 0) is 18.8 Å². The van der Waals surface area contributed by atoms with Crippen LogP contribution in [-0.2, 0) is 9.59 Å². The molecule has 7 nitrogen and oxygen atoms in total. The molecular formula is C13H22N2O5.